The van der Waals surface area contributed by atoms with E-state index in [0.717, 1.165) is 23.2 Å². The van der Waals surface area contributed by atoms with E-state index in [-0.39, 0.29) is 0 Å². The maximum Gasteiger partial charge on any atom is 0.136 e. The molecule has 84 valence electrons. The van der Waals surface area contributed by atoms with E-state index in [1.54, 1.807) is 11.8 Å². The molecule has 0 spiro atoms. The van der Waals surface area contributed by atoms with Crippen molar-refractivity contribution in [2.45, 2.75) is 34.6 Å². The molecule has 0 bridgehead atoms. The molecule has 0 aliphatic rings. The number of rotatable bonds is 5. The Bertz CT molecular complexity index is 157. The number of hydrogen-bond acceptors (Lipinski definition) is 2. The third-order valence-electron chi connectivity index (χ3n) is 1.70. The van der Waals surface area contributed by atoms with Crippen molar-refractivity contribution in [1.82, 2.24) is 4.90 Å². The lowest BCUT2D eigenvalue weighted by atomic mass is 10.1. The van der Waals surface area contributed by atoms with E-state index >= 15 is 0 Å². The van der Waals surface area contributed by atoms with Crippen molar-refractivity contribution in [3.8, 4) is 0 Å². The van der Waals surface area contributed by atoms with Crippen LogP contribution in [0, 0.1) is 11.8 Å². The highest BCUT2D eigenvalue weighted by molar-refractivity contribution is 8.22. The summed E-state index contributed by atoms with van der Waals surface area (Å²) in [7, 11) is 0. The summed E-state index contributed by atoms with van der Waals surface area (Å²) in [5.41, 5.74) is 0. The van der Waals surface area contributed by atoms with E-state index in [0.29, 0.717) is 11.8 Å². The molecule has 0 atom stereocenters. The number of thiocarbonyl (C=S) groups is 1. The molecule has 0 saturated carbocycles. The summed E-state index contributed by atoms with van der Waals surface area (Å²) in [6.45, 7) is 13.3. The summed E-state index contributed by atoms with van der Waals surface area (Å²) in [6, 6.07) is 0. The minimum absolute atomic E-state index is 0.684. The van der Waals surface area contributed by atoms with E-state index in [1.807, 2.05) is 0 Å². The Labute approximate surface area is 98.6 Å². The van der Waals surface area contributed by atoms with Crippen LogP contribution in [0.25, 0.3) is 0 Å². The van der Waals surface area contributed by atoms with Gasteiger partial charge in [0.1, 0.15) is 4.32 Å². The van der Waals surface area contributed by atoms with Gasteiger partial charge >= 0.3 is 0 Å². The van der Waals surface area contributed by atoms with Gasteiger partial charge in [0.15, 0.2) is 0 Å². The predicted octanol–water partition coefficient (Wildman–Crippen LogP) is 3.64. The third kappa shape index (κ3) is 6.66. The SMILES string of the molecule is CCSC(=S)N(CC(C)C)CC(C)C. The molecule has 0 N–H and O–H groups in total. The molecule has 0 aromatic rings. The van der Waals surface area contributed by atoms with Crippen LogP contribution < -0.4 is 0 Å². The molecule has 0 aromatic carbocycles. The lowest BCUT2D eigenvalue weighted by Crippen LogP contribution is -2.34. The smallest absolute Gasteiger partial charge is 0.136 e. The molecule has 0 fully saturated rings. The van der Waals surface area contributed by atoms with Crippen molar-refractivity contribution in [3.05, 3.63) is 0 Å². The van der Waals surface area contributed by atoms with Gasteiger partial charge in [0.2, 0.25) is 0 Å². The van der Waals surface area contributed by atoms with E-state index in [1.165, 1.54) is 0 Å². The van der Waals surface area contributed by atoms with E-state index in [4.69, 9.17) is 12.2 Å². The Morgan fingerprint density at radius 2 is 1.57 bits per heavy atom. The first-order chi connectivity index (χ1) is 6.47. The monoisotopic (exact) mass is 233 g/mol. The van der Waals surface area contributed by atoms with Gasteiger partial charge in [-0.15, -0.1) is 0 Å². The maximum absolute atomic E-state index is 5.40. The molecule has 0 aliphatic heterocycles. The fraction of sp³-hybridized carbons (Fsp3) is 0.909. The Morgan fingerprint density at radius 3 is 1.86 bits per heavy atom. The van der Waals surface area contributed by atoms with E-state index in [2.05, 4.69) is 39.5 Å². The minimum atomic E-state index is 0.684. The minimum Gasteiger partial charge on any atom is -0.357 e. The second-order valence-corrected chi connectivity index (χ2v) is 6.29. The summed E-state index contributed by atoms with van der Waals surface area (Å²) < 4.78 is 1.06. The fourth-order valence-corrected chi connectivity index (χ4v) is 2.40. The molecule has 14 heavy (non-hydrogen) atoms. The van der Waals surface area contributed by atoms with Gasteiger partial charge in [-0.05, 0) is 17.6 Å². The molecule has 0 saturated heterocycles. The first kappa shape index (κ1) is 14.2. The number of hydrogen-bond donors (Lipinski definition) is 0. The summed E-state index contributed by atoms with van der Waals surface area (Å²) in [6.07, 6.45) is 0. The Kier molecular flexibility index (Phi) is 7.65. The van der Waals surface area contributed by atoms with Gasteiger partial charge in [0, 0.05) is 13.1 Å². The van der Waals surface area contributed by atoms with Crippen LogP contribution in [-0.2, 0) is 0 Å². The van der Waals surface area contributed by atoms with Crippen molar-refractivity contribution >= 4 is 28.3 Å². The predicted molar refractivity (Wildman–Crippen MR) is 72.0 cm³/mol. The molecular formula is C11H23NS2. The van der Waals surface area contributed by atoms with Crippen molar-refractivity contribution in [3.63, 3.8) is 0 Å². The van der Waals surface area contributed by atoms with Crippen LogP contribution in [0.3, 0.4) is 0 Å². The van der Waals surface area contributed by atoms with Gasteiger partial charge in [-0.1, -0.05) is 58.6 Å². The standard InChI is InChI=1S/C11H23NS2/c1-6-14-11(13)12(7-9(2)3)8-10(4)5/h9-10H,6-8H2,1-5H3. The summed E-state index contributed by atoms with van der Waals surface area (Å²) >= 11 is 7.18. The zero-order valence-electron chi connectivity index (χ0n) is 10.0. The average molecular weight is 233 g/mol. The number of nitrogens with zero attached hydrogens (tertiary/aromatic N) is 1. The summed E-state index contributed by atoms with van der Waals surface area (Å²) in [5, 5.41) is 0. The van der Waals surface area contributed by atoms with E-state index < -0.39 is 0 Å². The van der Waals surface area contributed by atoms with Gasteiger partial charge in [-0.3, -0.25) is 0 Å². The molecule has 0 rings (SSSR count). The van der Waals surface area contributed by atoms with Crippen molar-refractivity contribution in [2.24, 2.45) is 11.8 Å². The fourth-order valence-electron chi connectivity index (χ4n) is 1.32. The second-order valence-electron chi connectivity index (χ2n) is 4.39. The molecule has 1 nitrogen and oxygen atoms in total. The van der Waals surface area contributed by atoms with Crippen molar-refractivity contribution in [1.29, 1.82) is 0 Å². The van der Waals surface area contributed by atoms with Crippen LogP contribution in [-0.4, -0.2) is 28.1 Å². The molecular weight excluding hydrogens is 210 g/mol. The highest BCUT2D eigenvalue weighted by Gasteiger charge is 2.12. The highest BCUT2D eigenvalue weighted by atomic mass is 32.2. The summed E-state index contributed by atoms with van der Waals surface area (Å²) in [5.74, 6) is 2.44. The van der Waals surface area contributed by atoms with Crippen LogP contribution in [0.5, 0.6) is 0 Å². The molecule has 0 radical (unpaired) electrons. The Hall–Kier alpha value is 0.240. The van der Waals surface area contributed by atoms with Crippen LogP contribution in [0.1, 0.15) is 34.6 Å². The quantitative estimate of drug-likeness (QED) is 0.668. The lowest BCUT2D eigenvalue weighted by molar-refractivity contribution is 0.337. The first-order valence-corrected chi connectivity index (χ1v) is 6.78. The zero-order chi connectivity index (χ0) is 11.1. The maximum atomic E-state index is 5.40. The Balaban J connectivity index is 4.15. The van der Waals surface area contributed by atoms with Gasteiger partial charge in [0.05, 0.1) is 0 Å². The van der Waals surface area contributed by atoms with Gasteiger partial charge in [0.25, 0.3) is 0 Å². The number of thioether (sulfide) groups is 1. The lowest BCUT2D eigenvalue weighted by Gasteiger charge is -2.28. The van der Waals surface area contributed by atoms with Crippen LogP contribution in [0.15, 0.2) is 0 Å². The van der Waals surface area contributed by atoms with Gasteiger partial charge in [-0.25, -0.2) is 0 Å². The van der Waals surface area contributed by atoms with Crippen molar-refractivity contribution in [2.75, 3.05) is 18.8 Å². The van der Waals surface area contributed by atoms with Gasteiger partial charge in [-0.2, -0.15) is 0 Å². The van der Waals surface area contributed by atoms with Crippen LogP contribution in [0.4, 0.5) is 0 Å². The molecule has 3 heteroatoms. The molecule has 0 aromatic heterocycles. The summed E-state index contributed by atoms with van der Waals surface area (Å²) in [4.78, 5) is 2.35. The topological polar surface area (TPSA) is 3.24 Å². The van der Waals surface area contributed by atoms with Gasteiger partial charge < -0.3 is 4.90 Å². The first-order valence-electron chi connectivity index (χ1n) is 5.39. The average Bonchev–Trinajstić information content (AvgIpc) is 2.01. The molecule has 0 unspecified atom stereocenters. The Morgan fingerprint density at radius 1 is 1.14 bits per heavy atom. The zero-order valence-corrected chi connectivity index (χ0v) is 11.7. The van der Waals surface area contributed by atoms with Crippen LogP contribution in [0.2, 0.25) is 0 Å². The molecule has 0 amide bonds. The van der Waals surface area contributed by atoms with Crippen molar-refractivity contribution < 1.29 is 0 Å². The molecule has 0 aliphatic carbocycles. The van der Waals surface area contributed by atoms with E-state index in [9.17, 15) is 0 Å². The highest BCUT2D eigenvalue weighted by Crippen LogP contribution is 2.13. The third-order valence-corrected chi connectivity index (χ3v) is 3.10. The molecule has 0 heterocycles. The second kappa shape index (κ2) is 7.52. The largest absolute Gasteiger partial charge is 0.357 e. The normalized spacial score (nSPS) is 11.1. The van der Waals surface area contributed by atoms with Crippen LogP contribution >= 0.6 is 24.0 Å².